The number of thiazole rings is 1. The van der Waals surface area contributed by atoms with E-state index in [1.807, 2.05) is 0 Å². The van der Waals surface area contributed by atoms with Crippen LogP contribution in [0.3, 0.4) is 0 Å². The minimum absolute atomic E-state index is 0.0615. The number of benzene rings is 1. The van der Waals surface area contributed by atoms with Gasteiger partial charge in [0, 0.05) is 17.3 Å². The third-order valence-electron chi connectivity index (χ3n) is 2.40. The van der Waals surface area contributed by atoms with Crippen LogP contribution in [0, 0.1) is 6.92 Å². The first kappa shape index (κ1) is 12.1. The lowest BCUT2D eigenvalue weighted by Crippen LogP contribution is -2.05. The van der Waals surface area contributed by atoms with Gasteiger partial charge in [-0.2, -0.15) is 0 Å². The van der Waals surface area contributed by atoms with E-state index in [1.165, 1.54) is 17.4 Å². The van der Waals surface area contributed by atoms with Gasteiger partial charge in [0.15, 0.2) is 9.84 Å². The molecule has 0 bridgehead atoms. The van der Waals surface area contributed by atoms with Crippen LogP contribution in [0.2, 0.25) is 0 Å². The van der Waals surface area contributed by atoms with E-state index in [1.54, 1.807) is 30.6 Å². The van der Waals surface area contributed by atoms with Crippen LogP contribution in [-0.2, 0) is 15.6 Å². The Kier molecular flexibility index (Phi) is 3.17. The van der Waals surface area contributed by atoms with E-state index < -0.39 is 9.84 Å². The van der Waals surface area contributed by atoms with Gasteiger partial charge in [0.2, 0.25) is 0 Å². The fraction of sp³-hybridized carbons (Fsp3) is 0.182. The summed E-state index contributed by atoms with van der Waals surface area (Å²) in [5, 5.41) is 2.36. The molecule has 6 heteroatoms. The summed E-state index contributed by atoms with van der Waals surface area (Å²) in [4.78, 5) is 4.27. The molecule has 0 saturated carbocycles. The fourth-order valence-corrected chi connectivity index (χ4v) is 3.75. The van der Waals surface area contributed by atoms with Gasteiger partial charge in [-0.1, -0.05) is 0 Å². The van der Waals surface area contributed by atoms with Crippen LogP contribution < -0.4 is 5.73 Å². The number of nitrogens with two attached hydrogens (primary N) is 1. The van der Waals surface area contributed by atoms with Crippen LogP contribution >= 0.6 is 11.3 Å². The number of sulfone groups is 1. The SMILES string of the molecule is Cc1cc(S(=O)(=O)Cc2nccs2)ccc1N. The average Bonchev–Trinajstić information content (AvgIpc) is 2.73. The second-order valence-corrected chi connectivity index (χ2v) is 6.67. The standard InChI is InChI=1S/C11H12N2O2S2/c1-8-6-9(2-3-10(8)12)17(14,15)7-11-13-4-5-16-11/h2-6H,7,12H2,1H3. The van der Waals surface area contributed by atoms with Gasteiger partial charge in [-0.3, -0.25) is 0 Å². The number of hydrogen-bond donors (Lipinski definition) is 1. The highest BCUT2D eigenvalue weighted by Crippen LogP contribution is 2.21. The van der Waals surface area contributed by atoms with Crippen LogP contribution in [0.25, 0.3) is 0 Å². The highest BCUT2D eigenvalue weighted by atomic mass is 32.2. The van der Waals surface area contributed by atoms with Crippen molar-refractivity contribution in [3.8, 4) is 0 Å². The van der Waals surface area contributed by atoms with Gasteiger partial charge in [-0.15, -0.1) is 11.3 Å². The van der Waals surface area contributed by atoms with E-state index in [4.69, 9.17) is 5.73 Å². The molecular weight excluding hydrogens is 256 g/mol. The topological polar surface area (TPSA) is 73.0 Å². The van der Waals surface area contributed by atoms with E-state index in [0.717, 1.165) is 5.56 Å². The van der Waals surface area contributed by atoms with Crippen molar-refractivity contribution in [3.05, 3.63) is 40.3 Å². The third kappa shape index (κ3) is 2.65. The van der Waals surface area contributed by atoms with Crippen LogP contribution in [-0.4, -0.2) is 13.4 Å². The predicted octanol–water partition coefficient (Wildman–Crippen LogP) is 2.01. The molecule has 4 nitrogen and oxygen atoms in total. The van der Waals surface area contributed by atoms with Gasteiger partial charge in [-0.25, -0.2) is 13.4 Å². The summed E-state index contributed by atoms with van der Waals surface area (Å²) in [5.74, 6) is -0.0615. The lowest BCUT2D eigenvalue weighted by molar-refractivity contribution is 0.595. The molecule has 1 aromatic heterocycles. The summed E-state index contributed by atoms with van der Waals surface area (Å²) < 4.78 is 24.2. The van der Waals surface area contributed by atoms with E-state index >= 15 is 0 Å². The van der Waals surface area contributed by atoms with Crippen molar-refractivity contribution in [1.29, 1.82) is 0 Å². The zero-order valence-electron chi connectivity index (χ0n) is 9.25. The Bertz CT molecular complexity index is 619. The molecule has 0 unspecified atom stereocenters. The number of hydrogen-bond acceptors (Lipinski definition) is 5. The summed E-state index contributed by atoms with van der Waals surface area (Å²) in [5.41, 5.74) is 7.03. The number of nitrogens with zero attached hydrogens (tertiary/aromatic N) is 1. The summed E-state index contributed by atoms with van der Waals surface area (Å²) in [7, 11) is -3.33. The Morgan fingerprint density at radius 1 is 1.41 bits per heavy atom. The zero-order valence-corrected chi connectivity index (χ0v) is 10.9. The maximum atomic E-state index is 12.1. The molecule has 2 aromatic rings. The number of aromatic nitrogens is 1. The van der Waals surface area contributed by atoms with Crippen LogP contribution in [0.5, 0.6) is 0 Å². The monoisotopic (exact) mass is 268 g/mol. The molecule has 2 rings (SSSR count). The molecule has 0 spiro atoms. The summed E-state index contributed by atoms with van der Waals surface area (Å²) in [6, 6.07) is 4.74. The van der Waals surface area contributed by atoms with E-state index in [-0.39, 0.29) is 5.75 Å². The molecule has 1 aromatic carbocycles. The van der Waals surface area contributed by atoms with Gasteiger partial charge in [-0.05, 0) is 30.7 Å². The first-order valence-electron chi connectivity index (χ1n) is 4.96. The molecule has 1 heterocycles. The zero-order chi connectivity index (χ0) is 12.5. The lowest BCUT2D eigenvalue weighted by Gasteiger charge is -2.05. The van der Waals surface area contributed by atoms with Gasteiger partial charge in [0.05, 0.1) is 4.90 Å². The summed E-state index contributed by atoms with van der Waals surface area (Å²) >= 11 is 1.34. The molecule has 0 aliphatic carbocycles. The number of rotatable bonds is 3. The fourth-order valence-electron chi connectivity index (χ4n) is 1.41. The second kappa shape index (κ2) is 4.46. The molecule has 0 radical (unpaired) electrons. The van der Waals surface area contributed by atoms with Crippen molar-refractivity contribution in [2.24, 2.45) is 0 Å². The van der Waals surface area contributed by atoms with Crippen molar-refractivity contribution >= 4 is 26.9 Å². The Labute approximate surface area is 104 Å². The highest BCUT2D eigenvalue weighted by Gasteiger charge is 2.17. The Hall–Kier alpha value is -1.40. The summed E-state index contributed by atoms with van der Waals surface area (Å²) in [6.45, 7) is 1.79. The van der Waals surface area contributed by atoms with E-state index in [9.17, 15) is 8.42 Å². The van der Waals surface area contributed by atoms with Crippen molar-refractivity contribution in [2.45, 2.75) is 17.6 Å². The Morgan fingerprint density at radius 3 is 2.76 bits per heavy atom. The first-order valence-corrected chi connectivity index (χ1v) is 7.49. The van der Waals surface area contributed by atoms with Crippen LogP contribution in [0.1, 0.15) is 10.6 Å². The van der Waals surface area contributed by atoms with E-state index in [0.29, 0.717) is 15.6 Å². The average molecular weight is 268 g/mol. The molecule has 0 aliphatic rings. The summed E-state index contributed by atoms with van der Waals surface area (Å²) in [6.07, 6.45) is 1.60. The largest absolute Gasteiger partial charge is 0.399 e. The highest BCUT2D eigenvalue weighted by molar-refractivity contribution is 7.90. The smallest absolute Gasteiger partial charge is 0.184 e. The van der Waals surface area contributed by atoms with Gasteiger partial charge < -0.3 is 5.73 Å². The molecule has 0 atom stereocenters. The van der Waals surface area contributed by atoms with Crippen molar-refractivity contribution < 1.29 is 8.42 Å². The van der Waals surface area contributed by atoms with Gasteiger partial charge in [0.1, 0.15) is 10.8 Å². The molecule has 0 saturated heterocycles. The number of anilines is 1. The maximum absolute atomic E-state index is 12.1. The van der Waals surface area contributed by atoms with Crippen molar-refractivity contribution in [2.75, 3.05) is 5.73 Å². The van der Waals surface area contributed by atoms with Crippen LogP contribution in [0.4, 0.5) is 5.69 Å². The minimum atomic E-state index is -3.33. The molecule has 0 aliphatic heterocycles. The molecule has 0 amide bonds. The normalized spacial score (nSPS) is 11.6. The molecule has 90 valence electrons. The number of aryl methyl sites for hydroxylation is 1. The van der Waals surface area contributed by atoms with Gasteiger partial charge in [0.25, 0.3) is 0 Å². The molecule has 17 heavy (non-hydrogen) atoms. The Morgan fingerprint density at radius 2 is 2.18 bits per heavy atom. The van der Waals surface area contributed by atoms with Crippen molar-refractivity contribution in [3.63, 3.8) is 0 Å². The third-order valence-corrected chi connectivity index (χ3v) is 4.99. The number of nitrogen functional groups attached to an aromatic ring is 1. The minimum Gasteiger partial charge on any atom is -0.399 e. The Balaban J connectivity index is 2.35. The maximum Gasteiger partial charge on any atom is 0.184 e. The van der Waals surface area contributed by atoms with E-state index in [2.05, 4.69) is 4.98 Å². The van der Waals surface area contributed by atoms with Crippen LogP contribution in [0.15, 0.2) is 34.7 Å². The molecular formula is C11H12N2O2S2. The molecule has 2 N–H and O–H groups in total. The predicted molar refractivity (Wildman–Crippen MR) is 68.6 cm³/mol. The second-order valence-electron chi connectivity index (χ2n) is 3.70. The lowest BCUT2D eigenvalue weighted by atomic mass is 10.2. The molecule has 0 fully saturated rings. The van der Waals surface area contributed by atoms with Gasteiger partial charge >= 0.3 is 0 Å². The first-order chi connectivity index (χ1) is 7.99. The van der Waals surface area contributed by atoms with Crippen molar-refractivity contribution in [1.82, 2.24) is 4.98 Å². The quantitative estimate of drug-likeness (QED) is 0.864.